The summed E-state index contributed by atoms with van der Waals surface area (Å²) in [6, 6.07) is 1.78. The van der Waals surface area contributed by atoms with Crippen molar-refractivity contribution >= 4 is 11.8 Å². The minimum absolute atomic E-state index is 0. The first-order chi connectivity index (χ1) is 6.31. The molecular weight excluding hydrogens is 211 g/mol. The quantitative estimate of drug-likeness (QED) is 0.269. The molecule has 1 heterocycles. The monoisotopic (exact) mass is 223 g/mol. The molecule has 0 aromatic carbocycles. The van der Waals surface area contributed by atoms with Gasteiger partial charge in [0.1, 0.15) is 5.69 Å². The molecule has 1 aromatic rings. The molecule has 0 radical (unpaired) electrons. The molecule has 14 heavy (non-hydrogen) atoms. The normalized spacial score (nSPS) is 10.0. The first kappa shape index (κ1) is 14.3. The predicted octanol–water partition coefficient (Wildman–Crippen LogP) is -1.51. The third-order valence-corrected chi connectivity index (χ3v) is 2.07. The zero-order valence-corrected chi connectivity index (χ0v) is 11.7. The van der Waals surface area contributed by atoms with E-state index in [1.54, 1.807) is 26.5 Å². The second kappa shape index (κ2) is 7.62. The first-order valence-corrected chi connectivity index (χ1v) is 4.96. The molecule has 0 saturated carbocycles. The maximum absolute atomic E-state index is 5.06. The molecule has 6 heteroatoms. The molecule has 0 aliphatic heterocycles. The molecule has 0 saturated heterocycles. The minimum Gasteiger partial charge on any atom is -0.350 e. The van der Waals surface area contributed by atoms with Crippen LogP contribution in [-0.2, 0) is 9.47 Å². The average Bonchev–Trinajstić information content (AvgIpc) is 2.20. The zero-order valence-electron chi connectivity index (χ0n) is 8.85. The van der Waals surface area contributed by atoms with Gasteiger partial charge in [-0.3, -0.25) is 0 Å². The summed E-state index contributed by atoms with van der Waals surface area (Å²) in [7, 11) is 3.16. The summed E-state index contributed by atoms with van der Waals surface area (Å²) in [6.45, 7) is 0. The van der Waals surface area contributed by atoms with Gasteiger partial charge in [0.25, 0.3) is 0 Å². The van der Waals surface area contributed by atoms with E-state index in [-0.39, 0.29) is 29.6 Å². The number of ether oxygens (including phenoxy) is 2. The summed E-state index contributed by atoms with van der Waals surface area (Å²) < 4.78 is 10.1. The van der Waals surface area contributed by atoms with Crippen molar-refractivity contribution in [1.82, 2.24) is 9.97 Å². The summed E-state index contributed by atoms with van der Waals surface area (Å²) in [5, 5.41) is 0.719. The second-order valence-electron chi connectivity index (χ2n) is 2.27. The fraction of sp³-hybridized carbons (Fsp3) is 0.500. The second-order valence-corrected chi connectivity index (χ2v) is 3.04. The van der Waals surface area contributed by atoms with Crippen molar-refractivity contribution in [2.75, 3.05) is 20.5 Å². The number of hydrogen-bond acceptors (Lipinski definition) is 5. The van der Waals surface area contributed by atoms with Gasteiger partial charge in [0, 0.05) is 20.4 Å². The van der Waals surface area contributed by atoms with Crippen molar-refractivity contribution in [2.24, 2.45) is 0 Å². The van der Waals surface area contributed by atoms with E-state index in [2.05, 4.69) is 9.97 Å². The molecule has 4 nitrogen and oxygen atoms in total. The number of aromatic nitrogens is 2. The molecule has 0 spiro atoms. The van der Waals surface area contributed by atoms with E-state index in [0.717, 1.165) is 10.9 Å². The Hall–Kier alpha value is 0.350. The summed E-state index contributed by atoms with van der Waals surface area (Å²) in [5.74, 6) is 0. The maximum atomic E-state index is 5.06. The molecule has 0 aliphatic rings. The Balaban J connectivity index is 0.00000169. The summed E-state index contributed by atoms with van der Waals surface area (Å²) in [6.07, 6.45) is 3.21. The van der Waals surface area contributed by atoms with Gasteiger partial charge in [0.05, 0.1) is 0 Å². The average molecular weight is 223 g/mol. The van der Waals surface area contributed by atoms with Gasteiger partial charge in [-0.1, -0.05) is 11.8 Å². The maximum Gasteiger partial charge on any atom is 1.00 e. The molecule has 0 bridgehead atoms. The van der Waals surface area contributed by atoms with Crippen LogP contribution < -0.4 is 29.6 Å². The minimum atomic E-state index is -0.408. The van der Waals surface area contributed by atoms with Gasteiger partial charge in [0.2, 0.25) is 6.29 Å². The van der Waals surface area contributed by atoms with Crippen LogP contribution in [0.4, 0.5) is 0 Å². The van der Waals surface area contributed by atoms with E-state index >= 15 is 0 Å². The molecule has 0 aliphatic carbocycles. The fourth-order valence-electron chi connectivity index (χ4n) is 0.921. The van der Waals surface area contributed by atoms with Crippen LogP contribution in [0.5, 0.6) is 0 Å². The van der Waals surface area contributed by atoms with Gasteiger partial charge < -0.3 is 9.47 Å². The van der Waals surface area contributed by atoms with Crippen LogP contribution in [0, 0.1) is 0 Å². The van der Waals surface area contributed by atoms with Gasteiger partial charge in [0.15, 0.2) is 5.16 Å². The van der Waals surface area contributed by atoms with Crippen molar-refractivity contribution in [1.29, 1.82) is 0 Å². The largest absolute Gasteiger partial charge is 1.00 e. The van der Waals surface area contributed by atoms with Gasteiger partial charge in [-0.25, -0.2) is 9.97 Å². The van der Waals surface area contributed by atoms with E-state index in [1.807, 2.05) is 6.26 Å². The number of nitrogens with zero attached hydrogens (tertiary/aromatic N) is 2. The molecule has 0 N–H and O–H groups in total. The molecule has 0 fully saturated rings. The van der Waals surface area contributed by atoms with Crippen LogP contribution in [-0.4, -0.2) is 30.4 Å². The van der Waals surface area contributed by atoms with Gasteiger partial charge in [-0.2, -0.15) is 0 Å². The van der Waals surface area contributed by atoms with Crippen molar-refractivity contribution in [3.05, 3.63) is 18.0 Å². The number of thioether (sulfide) groups is 1. The molecule has 1 rings (SSSR count). The van der Waals surface area contributed by atoms with Gasteiger partial charge >= 0.3 is 29.6 Å². The number of methoxy groups -OCH3 is 2. The Kier molecular flexibility index (Phi) is 7.81. The molecule has 72 valence electrons. The Bertz CT molecular complexity index is 271. The topological polar surface area (TPSA) is 44.2 Å². The third kappa shape index (κ3) is 3.84. The van der Waals surface area contributed by atoms with E-state index in [9.17, 15) is 0 Å². The Morgan fingerprint density at radius 2 is 2.00 bits per heavy atom. The Morgan fingerprint density at radius 1 is 1.36 bits per heavy atom. The van der Waals surface area contributed by atoms with Crippen LogP contribution in [0.3, 0.4) is 0 Å². The SMILES string of the molecule is COC(OC)c1ccnc(SC)n1.[Na+]. The standard InChI is InChI=1S/C8H12N2O2S.Na/c1-11-7(12-2)6-4-5-9-8(10-6)13-3;/h4-5,7H,1-3H3;/q;+1. The van der Waals surface area contributed by atoms with E-state index in [4.69, 9.17) is 9.47 Å². The van der Waals surface area contributed by atoms with Crippen LogP contribution in [0.25, 0.3) is 0 Å². The first-order valence-electron chi connectivity index (χ1n) is 3.74. The molecule has 0 unspecified atom stereocenters. The van der Waals surface area contributed by atoms with Gasteiger partial charge in [-0.05, 0) is 12.3 Å². The molecule has 0 amide bonds. The van der Waals surface area contributed by atoms with Crippen LogP contribution in [0.2, 0.25) is 0 Å². The van der Waals surface area contributed by atoms with Crippen LogP contribution >= 0.6 is 11.8 Å². The van der Waals surface area contributed by atoms with Crippen LogP contribution in [0.1, 0.15) is 12.0 Å². The van der Waals surface area contributed by atoms with E-state index in [0.29, 0.717) is 0 Å². The van der Waals surface area contributed by atoms with Crippen molar-refractivity contribution < 1.29 is 39.0 Å². The van der Waals surface area contributed by atoms with Crippen LogP contribution in [0.15, 0.2) is 17.4 Å². The molecule has 1 aromatic heterocycles. The number of hydrogen-bond donors (Lipinski definition) is 0. The fourth-order valence-corrected chi connectivity index (χ4v) is 1.28. The summed E-state index contributed by atoms with van der Waals surface area (Å²) >= 11 is 1.49. The summed E-state index contributed by atoms with van der Waals surface area (Å²) in [5.41, 5.74) is 0.740. The van der Waals surface area contributed by atoms with E-state index < -0.39 is 6.29 Å². The molecular formula is C8H12N2NaO2S+. The Morgan fingerprint density at radius 3 is 2.50 bits per heavy atom. The predicted molar refractivity (Wildman–Crippen MR) is 50.6 cm³/mol. The third-order valence-electron chi connectivity index (χ3n) is 1.51. The number of rotatable bonds is 4. The van der Waals surface area contributed by atoms with E-state index in [1.165, 1.54) is 11.8 Å². The summed E-state index contributed by atoms with van der Waals surface area (Å²) in [4.78, 5) is 8.28. The Labute approximate surface area is 110 Å². The van der Waals surface area contributed by atoms with Crippen molar-refractivity contribution in [3.63, 3.8) is 0 Å². The smallest absolute Gasteiger partial charge is 0.350 e. The van der Waals surface area contributed by atoms with Gasteiger partial charge in [-0.15, -0.1) is 0 Å². The van der Waals surface area contributed by atoms with Crippen molar-refractivity contribution in [3.8, 4) is 0 Å². The van der Waals surface area contributed by atoms with Crippen molar-refractivity contribution in [2.45, 2.75) is 11.4 Å². The molecule has 0 atom stereocenters. The zero-order chi connectivity index (χ0) is 9.68.